The van der Waals surface area contributed by atoms with Gasteiger partial charge in [0.2, 0.25) is 0 Å². The van der Waals surface area contributed by atoms with Crippen molar-refractivity contribution in [1.82, 2.24) is 15.0 Å². The predicted molar refractivity (Wildman–Crippen MR) is 136 cm³/mol. The SMILES string of the molecule is NSCNc1ccc2c3ccccc3c3nc(-c4c[nH]c5ccc(Br)cc45)[nH]c3c2c1. The number of hydrogen-bond donors (Lipinski definition) is 4. The minimum atomic E-state index is 0.653. The molecule has 4 aromatic carbocycles. The molecule has 0 spiro atoms. The van der Waals surface area contributed by atoms with E-state index in [-0.39, 0.29) is 0 Å². The molecule has 0 amide bonds. The van der Waals surface area contributed by atoms with Gasteiger partial charge in [-0.1, -0.05) is 58.2 Å². The molecule has 2 aromatic heterocycles. The van der Waals surface area contributed by atoms with Gasteiger partial charge in [0.15, 0.2) is 0 Å². The average Bonchev–Trinajstić information content (AvgIpc) is 3.42. The summed E-state index contributed by atoms with van der Waals surface area (Å²) < 4.78 is 1.04. The van der Waals surface area contributed by atoms with Gasteiger partial charge >= 0.3 is 0 Å². The van der Waals surface area contributed by atoms with Gasteiger partial charge in [0.1, 0.15) is 5.82 Å². The van der Waals surface area contributed by atoms with Crippen LogP contribution in [-0.2, 0) is 0 Å². The highest BCUT2D eigenvalue weighted by atomic mass is 79.9. The number of nitrogens with one attached hydrogen (secondary N) is 3. The fourth-order valence-corrected chi connectivity index (χ4v) is 4.94. The quantitative estimate of drug-likeness (QED) is 0.126. The largest absolute Gasteiger partial charge is 0.375 e. The second-order valence-corrected chi connectivity index (χ2v) is 9.03. The standard InChI is InChI=1S/C24H18BrN5S/c25-13-5-8-21-18(9-13)20(11-27-21)24-29-22-17-4-2-1-3-15(17)16-7-6-14(28-12-31-26)10-19(16)23(22)30-24/h1-11,27-28H,12,26H2,(H,29,30). The van der Waals surface area contributed by atoms with Crippen LogP contribution >= 0.6 is 27.9 Å². The molecular formula is C24H18BrN5S. The predicted octanol–water partition coefficient (Wildman–Crippen LogP) is 6.76. The Morgan fingerprint density at radius 3 is 2.65 bits per heavy atom. The van der Waals surface area contributed by atoms with Crippen molar-refractivity contribution in [2.24, 2.45) is 5.14 Å². The Morgan fingerprint density at radius 1 is 0.935 bits per heavy atom. The van der Waals surface area contributed by atoms with Gasteiger partial charge in [-0.2, -0.15) is 0 Å². The van der Waals surface area contributed by atoms with Crippen LogP contribution in [0.4, 0.5) is 5.69 Å². The van der Waals surface area contributed by atoms with Gasteiger partial charge in [-0.15, -0.1) is 0 Å². The van der Waals surface area contributed by atoms with E-state index in [9.17, 15) is 0 Å². The van der Waals surface area contributed by atoms with Gasteiger partial charge in [-0.3, -0.25) is 5.14 Å². The smallest absolute Gasteiger partial charge is 0.140 e. The third-order valence-electron chi connectivity index (χ3n) is 5.72. The zero-order chi connectivity index (χ0) is 20.9. The van der Waals surface area contributed by atoms with Gasteiger partial charge in [-0.25, -0.2) is 4.98 Å². The molecule has 0 saturated carbocycles. The van der Waals surface area contributed by atoms with Gasteiger partial charge in [0.05, 0.1) is 16.9 Å². The number of hydrogen-bond acceptors (Lipinski definition) is 4. The fourth-order valence-electron chi connectivity index (χ4n) is 4.32. The van der Waals surface area contributed by atoms with Crippen molar-refractivity contribution in [2.45, 2.75) is 0 Å². The maximum atomic E-state index is 5.60. The van der Waals surface area contributed by atoms with Crippen LogP contribution < -0.4 is 10.5 Å². The molecule has 7 heteroatoms. The van der Waals surface area contributed by atoms with E-state index in [0.717, 1.165) is 54.3 Å². The molecule has 0 aliphatic carbocycles. The van der Waals surface area contributed by atoms with Crippen LogP contribution in [0.3, 0.4) is 0 Å². The van der Waals surface area contributed by atoms with E-state index < -0.39 is 0 Å². The monoisotopic (exact) mass is 487 g/mol. The van der Waals surface area contributed by atoms with Crippen LogP contribution in [0.5, 0.6) is 0 Å². The van der Waals surface area contributed by atoms with Gasteiger partial charge in [-0.05, 0) is 41.1 Å². The second kappa shape index (κ2) is 7.30. The van der Waals surface area contributed by atoms with E-state index in [4.69, 9.17) is 10.1 Å². The first-order valence-corrected chi connectivity index (χ1v) is 11.7. The molecule has 0 atom stereocenters. The molecule has 0 radical (unpaired) electrons. The van der Waals surface area contributed by atoms with E-state index in [1.807, 2.05) is 12.3 Å². The first kappa shape index (κ1) is 18.7. The molecule has 0 unspecified atom stereocenters. The molecule has 5 N–H and O–H groups in total. The van der Waals surface area contributed by atoms with E-state index in [1.165, 1.54) is 22.7 Å². The molecule has 0 aliphatic rings. The van der Waals surface area contributed by atoms with Gasteiger partial charge in [0.25, 0.3) is 0 Å². The van der Waals surface area contributed by atoms with Crippen molar-refractivity contribution in [1.29, 1.82) is 0 Å². The number of H-pyrrole nitrogens is 2. The first-order valence-electron chi connectivity index (χ1n) is 9.89. The summed E-state index contributed by atoms with van der Waals surface area (Å²) in [6, 6.07) is 21.1. The number of imidazole rings is 1. The summed E-state index contributed by atoms with van der Waals surface area (Å²) >= 11 is 4.86. The summed E-state index contributed by atoms with van der Waals surface area (Å²) in [4.78, 5) is 12.1. The van der Waals surface area contributed by atoms with Crippen molar-refractivity contribution >= 4 is 77.0 Å². The van der Waals surface area contributed by atoms with Crippen LogP contribution in [0.1, 0.15) is 0 Å². The third-order valence-corrected chi connectivity index (χ3v) is 6.53. The highest BCUT2D eigenvalue weighted by molar-refractivity contribution is 9.10. The van der Waals surface area contributed by atoms with Crippen LogP contribution in [0, 0.1) is 0 Å². The van der Waals surface area contributed by atoms with E-state index in [1.54, 1.807) is 0 Å². The molecule has 31 heavy (non-hydrogen) atoms. The normalized spacial score (nSPS) is 11.8. The van der Waals surface area contributed by atoms with Crippen LogP contribution in [0.2, 0.25) is 0 Å². The van der Waals surface area contributed by atoms with E-state index >= 15 is 0 Å². The molecular weight excluding hydrogens is 470 g/mol. The number of aromatic nitrogens is 3. The number of nitrogens with two attached hydrogens (primary N) is 1. The average molecular weight is 488 g/mol. The molecule has 6 rings (SSSR count). The number of aromatic amines is 2. The lowest BCUT2D eigenvalue weighted by Crippen LogP contribution is -1.99. The molecule has 0 saturated heterocycles. The summed E-state index contributed by atoms with van der Waals surface area (Å²) in [7, 11) is 0. The maximum absolute atomic E-state index is 5.60. The number of anilines is 1. The summed E-state index contributed by atoms with van der Waals surface area (Å²) in [6.45, 7) is 0. The van der Waals surface area contributed by atoms with Crippen molar-refractivity contribution < 1.29 is 0 Å². The Hall–Kier alpha value is -3.00. The number of fused-ring (bicyclic) bond motifs is 7. The Bertz CT molecular complexity index is 1600. The van der Waals surface area contributed by atoms with E-state index in [0.29, 0.717) is 5.88 Å². The summed E-state index contributed by atoms with van der Waals surface area (Å²) in [5.41, 5.74) is 5.19. The molecule has 0 bridgehead atoms. The Labute approximate surface area is 190 Å². The zero-order valence-electron chi connectivity index (χ0n) is 16.4. The fraction of sp³-hybridized carbons (Fsp3) is 0.0417. The molecule has 0 fully saturated rings. The number of nitrogens with zero attached hydrogens (tertiary/aromatic N) is 1. The van der Waals surface area contributed by atoms with Crippen LogP contribution in [-0.4, -0.2) is 20.8 Å². The third kappa shape index (κ3) is 3.00. The second-order valence-electron chi connectivity index (χ2n) is 7.50. The molecule has 6 aromatic rings. The summed E-state index contributed by atoms with van der Waals surface area (Å²) in [5.74, 6) is 1.51. The molecule has 2 heterocycles. The highest BCUT2D eigenvalue weighted by Gasteiger charge is 2.16. The van der Waals surface area contributed by atoms with E-state index in [2.05, 4.69) is 85.8 Å². The Kier molecular flexibility index (Phi) is 4.41. The number of rotatable bonds is 4. The van der Waals surface area contributed by atoms with Crippen molar-refractivity contribution in [3.05, 3.63) is 71.3 Å². The van der Waals surface area contributed by atoms with Gasteiger partial charge < -0.3 is 15.3 Å². The van der Waals surface area contributed by atoms with Crippen LogP contribution in [0.25, 0.3) is 54.9 Å². The van der Waals surface area contributed by atoms with Crippen LogP contribution in [0.15, 0.2) is 71.3 Å². The Morgan fingerprint density at radius 2 is 1.77 bits per heavy atom. The first-order chi connectivity index (χ1) is 15.2. The lowest BCUT2D eigenvalue weighted by molar-refractivity contribution is 1.34. The maximum Gasteiger partial charge on any atom is 0.140 e. The van der Waals surface area contributed by atoms with Gasteiger partial charge in [0, 0.05) is 43.6 Å². The lowest BCUT2D eigenvalue weighted by atomic mass is 9.99. The summed E-state index contributed by atoms with van der Waals surface area (Å²) in [5, 5.41) is 14.8. The van der Waals surface area contributed by atoms with Crippen molar-refractivity contribution in [3.8, 4) is 11.4 Å². The number of halogens is 1. The Balaban J connectivity index is 1.67. The highest BCUT2D eigenvalue weighted by Crippen LogP contribution is 2.38. The minimum absolute atomic E-state index is 0.653. The zero-order valence-corrected chi connectivity index (χ0v) is 18.8. The molecule has 5 nitrogen and oxygen atoms in total. The minimum Gasteiger partial charge on any atom is -0.375 e. The summed E-state index contributed by atoms with van der Waals surface area (Å²) in [6.07, 6.45) is 2.02. The topological polar surface area (TPSA) is 82.5 Å². The number of benzene rings is 4. The van der Waals surface area contributed by atoms with Crippen molar-refractivity contribution in [3.63, 3.8) is 0 Å². The molecule has 0 aliphatic heterocycles. The molecule has 152 valence electrons. The van der Waals surface area contributed by atoms with Crippen molar-refractivity contribution in [2.75, 3.05) is 11.2 Å². The lowest BCUT2D eigenvalue weighted by Gasteiger charge is -2.09.